The van der Waals surface area contributed by atoms with E-state index < -0.39 is 0 Å². The number of rotatable bonds is 4. The molecule has 0 heterocycles. The molecule has 0 spiro atoms. The van der Waals surface area contributed by atoms with Gasteiger partial charge in [-0.05, 0) is 36.4 Å². The molecule has 2 amide bonds. The molecule has 0 aromatic heterocycles. The first kappa shape index (κ1) is 15.3. The molecule has 0 bridgehead atoms. The van der Waals surface area contributed by atoms with Crippen LogP contribution in [0.2, 0.25) is 0 Å². The first-order chi connectivity index (χ1) is 10.6. The average molecular weight is 293 g/mol. The van der Waals surface area contributed by atoms with Crippen molar-refractivity contribution in [3.05, 3.63) is 59.7 Å². The lowest BCUT2D eigenvalue weighted by molar-refractivity contribution is -0.115. The highest BCUT2D eigenvalue weighted by molar-refractivity contribution is 6.05. The van der Waals surface area contributed by atoms with Gasteiger partial charge in [0.15, 0.2) is 0 Å². The number of nitriles is 1. The summed E-state index contributed by atoms with van der Waals surface area (Å²) in [4.78, 5) is 23.5. The van der Waals surface area contributed by atoms with Gasteiger partial charge in [0, 0.05) is 17.7 Å². The Balaban J connectivity index is 2.10. The highest BCUT2D eigenvalue weighted by Crippen LogP contribution is 2.16. The summed E-state index contributed by atoms with van der Waals surface area (Å²) in [6.07, 6.45) is 0.396. The van der Waals surface area contributed by atoms with E-state index in [0.29, 0.717) is 28.9 Å². The Morgan fingerprint density at radius 2 is 1.73 bits per heavy atom. The van der Waals surface area contributed by atoms with Crippen molar-refractivity contribution in [3.8, 4) is 6.07 Å². The Bertz CT molecular complexity index is 730. The molecular weight excluding hydrogens is 278 g/mol. The molecule has 0 aliphatic heterocycles. The second-order valence-corrected chi connectivity index (χ2v) is 4.59. The Morgan fingerprint density at radius 1 is 1.05 bits per heavy atom. The summed E-state index contributed by atoms with van der Waals surface area (Å²) in [5.41, 5.74) is 1.96. The highest BCUT2D eigenvalue weighted by Gasteiger charge is 2.09. The Kier molecular flexibility index (Phi) is 4.89. The summed E-state index contributed by atoms with van der Waals surface area (Å²) in [7, 11) is 0. The van der Waals surface area contributed by atoms with Crippen molar-refractivity contribution in [2.45, 2.75) is 13.3 Å². The molecule has 0 aliphatic rings. The molecule has 22 heavy (non-hydrogen) atoms. The molecule has 2 N–H and O–H groups in total. The van der Waals surface area contributed by atoms with E-state index in [4.69, 9.17) is 5.26 Å². The van der Waals surface area contributed by atoms with Crippen LogP contribution in [0.1, 0.15) is 29.3 Å². The molecule has 0 atom stereocenters. The summed E-state index contributed by atoms with van der Waals surface area (Å²) in [6, 6.07) is 15.4. The molecule has 0 saturated carbocycles. The molecule has 0 fully saturated rings. The van der Waals surface area contributed by atoms with E-state index >= 15 is 0 Å². The molecule has 2 aromatic rings. The maximum atomic E-state index is 12.2. The summed E-state index contributed by atoms with van der Waals surface area (Å²) < 4.78 is 0. The van der Waals surface area contributed by atoms with Crippen LogP contribution in [-0.4, -0.2) is 11.8 Å². The second-order valence-electron chi connectivity index (χ2n) is 4.59. The number of amides is 2. The minimum Gasteiger partial charge on any atom is -0.326 e. The standard InChI is InChI=1S/C17H15N3O2/c1-2-16(21)19-14-9-7-12(8-10-14)17(22)20-15-6-4-3-5-13(15)11-18/h3-10H,2H2,1H3,(H,19,21)(H,20,22). The van der Waals surface area contributed by atoms with E-state index in [1.807, 2.05) is 6.07 Å². The normalized spacial score (nSPS) is 9.64. The van der Waals surface area contributed by atoms with Gasteiger partial charge >= 0.3 is 0 Å². The van der Waals surface area contributed by atoms with Crippen LogP contribution in [0.3, 0.4) is 0 Å². The maximum absolute atomic E-state index is 12.2. The van der Waals surface area contributed by atoms with Crippen molar-refractivity contribution in [3.63, 3.8) is 0 Å². The van der Waals surface area contributed by atoms with Crippen LogP contribution < -0.4 is 10.6 Å². The minimum atomic E-state index is -0.309. The first-order valence-electron chi connectivity index (χ1n) is 6.84. The van der Waals surface area contributed by atoms with Gasteiger partial charge in [-0.2, -0.15) is 5.26 Å². The third-order valence-electron chi connectivity index (χ3n) is 3.05. The fraction of sp³-hybridized carbons (Fsp3) is 0.118. The Morgan fingerprint density at radius 3 is 2.36 bits per heavy atom. The van der Waals surface area contributed by atoms with Crippen LogP contribution in [0.5, 0.6) is 0 Å². The van der Waals surface area contributed by atoms with E-state index in [1.54, 1.807) is 55.5 Å². The number of carbonyl (C=O) groups is 2. The summed E-state index contributed by atoms with van der Waals surface area (Å²) in [6.45, 7) is 1.77. The van der Waals surface area contributed by atoms with E-state index in [1.165, 1.54) is 0 Å². The molecule has 5 heteroatoms. The van der Waals surface area contributed by atoms with Crippen LogP contribution in [-0.2, 0) is 4.79 Å². The van der Waals surface area contributed by atoms with E-state index in [-0.39, 0.29) is 11.8 Å². The third-order valence-corrected chi connectivity index (χ3v) is 3.05. The van der Waals surface area contributed by atoms with Gasteiger partial charge in [0.1, 0.15) is 6.07 Å². The zero-order valence-electron chi connectivity index (χ0n) is 12.1. The van der Waals surface area contributed by atoms with E-state index in [0.717, 1.165) is 0 Å². The van der Waals surface area contributed by atoms with Crippen LogP contribution in [0.15, 0.2) is 48.5 Å². The third kappa shape index (κ3) is 3.70. The predicted octanol–water partition coefficient (Wildman–Crippen LogP) is 3.16. The first-order valence-corrected chi connectivity index (χ1v) is 6.84. The van der Waals surface area contributed by atoms with Gasteiger partial charge in [-0.25, -0.2) is 0 Å². The lowest BCUT2D eigenvalue weighted by Gasteiger charge is -2.08. The van der Waals surface area contributed by atoms with E-state index in [2.05, 4.69) is 10.6 Å². The van der Waals surface area contributed by atoms with Gasteiger partial charge in [-0.15, -0.1) is 0 Å². The van der Waals surface area contributed by atoms with Crippen molar-refractivity contribution in [2.24, 2.45) is 0 Å². The van der Waals surface area contributed by atoms with Crippen LogP contribution in [0.4, 0.5) is 11.4 Å². The number of hydrogen-bond acceptors (Lipinski definition) is 3. The van der Waals surface area contributed by atoms with Gasteiger partial charge in [-0.1, -0.05) is 19.1 Å². The van der Waals surface area contributed by atoms with Gasteiger partial charge in [0.25, 0.3) is 5.91 Å². The Hall–Kier alpha value is -3.13. The van der Waals surface area contributed by atoms with E-state index in [9.17, 15) is 9.59 Å². The van der Waals surface area contributed by atoms with Gasteiger partial charge in [-0.3, -0.25) is 9.59 Å². The SMILES string of the molecule is CCC(=O)Nc1ccc(C(=O)Nc2ccccc2C#N)cc1. The van der Waals surface area contributed by atoms with Crippen LogP contribution >= 0.6 is 0 Å². The largest absolute Gasteiger partial charge is 0.326 e. The number of benzene rings is 2. The van der Waals surface area contributed by atoms with Gasteiger partial charge in [0.2, 0.25) is 5.91 Å². The van der Waals surface area contributed by atoms with Crippen molar-refractivity contribution in [2.75, 3.05) is 10.6 Å². The molecule has 0 unspecified atom stereocenters. The fourth-order valence-electron chi connectivity index (χ4n) is 1.84. The molecule has 0 aliphatic carbocycles. The quantitative estimate of drug-likeness (QED) is 0.908. The maximum Gasteiger partial charge on any atom is 0.255 e. The molecule has 5 nitrogen and oxygen atoms in total. The molecule has 2 rings (SSSR count). The number of hydrogen-bond donors (Lipinski definition) is 2. The molecule has 0 radical (unpaired) electrons. The van der Waals surface area contributed by atoms with Crippen molar-refractivity contribution in [1.82, 2.24) is 0 Å². The molecular formula is C17H15N3O2. The number of nitrogens with one attached hydrogen (secondary N) is 2. The van der Waals surface area contributed by atoms with Crippen LogP contribution in [0.25, 0.3) is 0 Å². The topological polar surface area (TPSA) is 82.0 Å². The Labute approximate surface area is 128 Å². The molecule has 0 saturated heterocycles. The number of nitrogens with zero attached hydrogens (tertiary/aromatic N) is 1. The highest BCUT2D eigenvalue weighted by atomic mass is 16.2. The zero-order chi connectivity index (χ0) is 15.9. The van der Waals surface area contributed by atoms with Crippen molar-refractivity contribution >= 4 is 23.2 Å². The lowest BCUT2D eigenvalue weighted by Crippen LogP contribution is -2.13. The summed E-state index contributed by atoms with van der Waals surface area (Å²) >= 11 is 0. The molecule has 2 aromatic carbocycles. The van der Waals surface area contributed by atoms with Crippen molar-refractivity contribution in [1.29, 1.82) is 5.26 Å². The molecule has 110 valence electrons. The monoisotopic (exact) mass is 293 g/mol. The second kappa shape index (κ2) is 7.04. The van der Waals surface area contributed by atoms with Gasteiger partial charge in [0.05, 0.1) is 11.3 Å². The average Bonchev–Trinajstić information content (AvgIpc) is 2.55. The lowest BCUT2D eigenvalue weighted by atomic mass is 10.1. The fourth-order valence-corrected chi connectivity index (χ4v) is 1.84. The number of para-hydroxylation sites is 1. The predicted molar refractivity (Wildman–Crippen MR) is 84.5 cm³/mol. The number of anilines is 2. The van der Waals surface area contributed by atoms with Crippen LogP contribution in [0, 0.1) is 11.3 Å². The smallest absolute Gasteiger partial charge is 0.255 e. The van der Waals surface area contributed by atoms with Gasteiger partial charge < -0.3 is 10.6 Å². The summed E-state index contributed by atoms with van der Waals surface area (Å²) in [5.74, 6) is -0.392. The zero-order valence-corrected chi connectivity index (χ0v) is 12.1. The van der Waals surface area contributed by atoms with Crippen molar-refractivity contribution < 1.29 is 9.59 Å². The number of carbonyl (C=O) groups excluding carboxylic acids is 2. The minimum absolute atomic E-state index is 0.0832. The summed E-state index contributed by atoms with van der Waals surface area (Å²) in [5, 5.41) is 14.4.